The van der Waals surface area contributed by atoms with Crippen molar-refractivity contribution in [2.45, 2.75) is 32.7 Å². The number of hydrogen-bond donors (Lipinski definition) is 1. The normalized spacial score (nSPS) is 21.6. The molecule has 0 saturated carbocycles. The Balaban J connectivity index is 2.14. The number of carbonyl (C=O) groups is 1. The van der Waals surface area contributed by atoms with Gasteiger partial charge in [0.05, 0.1) is 7.11 Å². The van der Waals surface area contributed by atoms with Gasteiger partial charge in [0.1, 0.15) is 5.75 Å². The lowest BCUT2D eigenvalue weighted by Crippen LogP contribution is -2.40. The molecule has 1 N–H and O–H groups in total. The van der Waals surface area contributed by atoms with E-state index in [1.165, 1.54) is 5.56 Å². The first-order valence-corrected chi connectivity index (χ1v) is 7.64. The second kappa shape index (κ2) is 6.94. The molecule has 1 heterocycles. The van der Waals surface area contributed by atoms with Crippen LogP contribution in [0.3, 0.4) is 0 Å². The summed E-state index contributed by atoms with van der Waals surface area (Å²) < 4.78 is 5.32. The number of hydrogen-bond acceptors (Lipinski definition) is 3. The first-order valence-electron chi connectivity index (χ1n) is 7.64. The van der Waals surface area contributed by atoms with Gasteiger partial charge in [0.2, 0.25) is 5.91 Å². The van der Waals surface area contributed by atoms with Crippen molar-refractivity contribution in [2.75, 3.05) is 26.7 Å². The van der Waals surface area contributed by atoms with Crippen LogP contribution in [0.25, 0.3) is 0 Å². The van der Waals surface area contributed by atoms with Crippen LogP contribution >= 0.6 is 0 Å². The van der Waals surface area contributed by atoms with Gasteiger partial charge in [-0.1, -0.05) is 12.1 Å². The van der Waals surface area contributed by atoms with Crippen molar-refractivity contribution in [1.82, 2.24) is 10.2 Å². The minimum absolute atomic E-state index is 0.154. The molecule has 2 rings (SSSR count). The van der Waals surface area contributed by atoms with Crippen LogP contribution in [0, 0.1) is 5.92 Å². The lowest BCUT2D eigenvalue weighted by Gasteiger charge is -2.30. The van der Waals surface area contributed by atoms with Crippen LogP contribution in [-0.2, 0) is 4.79 Å². The lowest BCUT2D eigenvalue weighted by atomic mass is 9.88. The van der Waals surface area contributed by atoms with E-state index in [0.29, 0.717) is 11.8 Å². The zero-order valence-electron chi connectivity index (χ0n) is 13.4. The molecule has 4 nitrogen and oxygen atoms in total. The predicted molar refractivity (Wildman–Crippen MR) is 84.6 cm³/mol. The summed E-state index contributed by atoms with van der Waals surface area (Å²) in [5.41, 5.74) is 1.29. The Kier molecular flexibility index (Phi) is 5.23. The molecule has 0 radical (unpaired) electrons. The summed E-state index contributed by atoms with van der Waals surface area (Å²) in [7, 11) is 1.69. The van der Waals surface area contributed by atoms with Gasteiger partial charge in [-0.25, -0.2) is 0 Å². The highest BCUT2D eigenvalue weighted by Crippen LogP contribution is 2.31. The van der Waals surface area contributed by atoms with E-state index in [1.807, 2.05) is 17.0 Å². The minimum Gasteiger partial charge on any atom is -0.497 e. The summed E-state index contributed by atoms with van der Waals surface area (Å²) in [5, 5.41) is 3.46. The van der Waals surface area contributed by atoms with Crippen molar-refractivity contribution in [2.24, 2.45) is 5.92 Å². The maximum atomic E-state index is 11.8. The topological polar surface area (TPSA) is 41.6 Å². The summed E-state index contributed by atoms with van der Waals surface area (Å²) in [6.07, 6.45) is 0. The third-order valence-corrected chi connectivity index (χ3v) is 4.32. The molecule has 4 heteroatoms. The first-order chi connectivity index (χ1) is 10.0. The Morgan fingerprint density at radius 3 is 2.81 bits per heavy atom. The average molecular weight is 290 g/mol. The second-order valence-corrected chi connectivity index (χ2v) is 6.07. The maximum Gasteiger partial charge on any atom is 0.219 e. The molecular weight excluding hydrogens is 264 g/mol. The van der Waals surface area contributed by atoms with Crippen LogP contribution in [0.4, 0.5) is 0 Å². The van der Waals surface area contributed by atoms with Crippen molar-refractivity contribution in [3.63, 3.8) is 0 Å². The van der Waals surface area contributed by atoms with Gasteiger partial charge in [-0.15, -0.1) is 0 Å². The molecule has 1 saturated heterocycles. The molecule has 116 valence electrons. The number of rotatable bonds is 5. The summed E-state index contributed by atoms with van der Waals surface area (Å²) >= 11 is 0. The Morgan fingerprint density at radius 2 is 2.19 bits per heavy atom. The number of nitrogens with zero attached hydrogens (tertiary/aromatic N) is 1. The van der Waals surface area contributed by atoms with E-state index >= 15 is 0 Å². The zero-order chi connectivity index (χ0) is 15.4. The van der Waals surface area contributed by atoms with Gasteiger partial charge in [0.25, 0.3) is 0 Å². The molecule has 0 bridgehead atoms. The molecular formula is C17H26N2O2. The standard InChI is InChI=1S/C17H26N2O2/c1-12(2)19(13(3)20)11-15-9-18-10-17(15)14-6-5-7-16(8-14)21-4/h5-8,12,15,17-18H,9-11H2,1-4H3/t15-,17+/m0/s1. The number of nitrogens with one attached hydrogen (secondary N) is 1. The molecule has 1 fully saturated rings. The fraction of sp³-hybridized carbons (Fsp3) is 0.588. The molecule has 0 unspecified atom stereocenters. The lowest BCUT2D eigenvalue weighted by molar-refractivity contribution is -0.131. The molecule has 2 atom stereocenters. The van der Waals surface area contributed by atoms with Crippen LogP contribution < -0.4 is 10.1 Å². The van der Waals surface area contributed by atoms with E-state index in [4.69, 9.17) is 4.74 Å². The first kappa shape index (κ1) is 15.8. The highest BCUT2D eigenvalue weighted by molar-refractivity contribution is 5.73. The van der Waals surface area contributed by atoms with Crippen LogP contribution in [0.1, 0.15) is 32.3 Å². The quantitative estimate of drug-likeness (QED) is 0.904. The Bertz CT molecular complexity index is 487. The fourth-order valence-corrected chi connectivity index (χ4v) is 3.14. The number of carbonyl (C=O) groups excluding carboxylic acids is 1. The molecule has 0 aliphatic carbocycles. The molecule has 1 aliphatic rings. The summed E-state index contributed by atoms with van der Waals surface area (Å²) in [5.74, 6) is 1.93. The van der Waals surface area contributed by atoms with Crippen molar-refractivity contribution in [1.29, 1.82) is 0 Å². The highest BCUT2D eigenvalue weighted by atomic mass is 16.5. The summed E-state index contributed by atoms with van der Waals surface area (Å²) in [6.45, 7) is 8.53. The second-order valence-electron chi connectivity index (χ2n) is 6.07. The van der Waals surface area contributed by atoms with E-state index in [2.05, 4.69) is 31.3 Å². The Morgan fingerprint density at radius 1 is 1.43 bits per heavy atom. The molecule has 1 amide bonds. The van der Waals surface area contributed by atoms with Crippen LogP contribution in [-0.4, -0.2) is 43.6 Å². The largest absolute Gasteiger partial charge is 0.497 e. The van der Waals surface area contributed by atoms with E-state index in [9.17, 15) is 4.79 Å². The van der Waals surface area contributed by atoms with E-state index < -0.39 is 0 Å². The number of methoxy groups -OCH3 is 1. The predicted octanol–water partition coefficient (Wildman–Crippen LogP) is 2.26. The zero-order valence-corrected chi connectivity index (χ0v) is 13.4. The van der Waals surface area contributed by atoms with Gasteiger partial charge < -0.3 is 15.0 Å². The van der Waals surface area contributed by atoms with Crippen LogP contribution in [0.5, 0.6) is 5.75 Å². The molecule has 21 heavy (non-hydrogen) atoms. The Hall–Kier alpha value is -1.55. The SMILES string of the molecule is COc1cccc([C@H]2CNC[C@H]2CN(C(C)=O)C(C)C)c1. The molecule has 0 aromatic heterocycles. The number of ether oxygens (including phenoxy) is 1. The highest BCUT2D eigenvalue weighted by Gasteiger charge is 2.31. The fourth-order valence-electron chi connectivity index (χ4n) is 3.14. The van der Waals surface area contributed by atoms with E-state index in [-0.39, 0.29) is 11.9 Å². The maximum absolute atomic E-state index is 11.8. The number of benzene rings is 1. The third kappa shape index (κ3) is 3.76. The van der Waals surface area contributed by atoms with E-state index in [1.54, 1.807) is 14.0 Å². The van der Waals surface area contributed by atoms with Gasteiger partial charge in [0.15, 0.2) is 0 Å². The average Bonchev–Trinajstić information content (AvgIpc) is 2.92. The van der Waals surface area contributed by atoms with Gasteiger partial charge in [0, 0.05) is 38.5 Å². The summed E-state index contributed by atoms with van der Waals surface area (Å²) in [4.78, 5) is 13.8. The van der Waals surface area contributed by atoms with Crippen molar-refractivity contribution in [3.05, 3.63) is 29.8 Å². The van der Waals surface area contributed by atoms with Crippen molar-refractivity contribution >= 4 is 5.91 Å². The minimum atomic E-state index is 0.154. The Labute approximate surface area is 127 Å². The van der Waals surface area contributed by atoms with Crippen LogP contribution in [0.15, 0.2) is 24.3 Å². The monoisotopic (exact) mass is 290 g/mol. The van der Waals surface area contributed by atoms with Gasteiger partial charge in [-0.2, -0.15) is 0 Å². The molecule has 0 spiro atoms. The van der Waals surface area contributed by atoms with E-state index in [0.717, 1.165) is 25.4 Å². The van der Waals surface area contributed by atoms with Gasteiger partial charge in [-0.05, 0) is 37.5 Å². The van der Waals surface area contributed by atoms with Crippen molar-refractivity contribution < 1.29 is 9.53 Å². The van der Waals surface area contributed by atoms with Crippen molar-refractivity contribution in [3.8, 4) is 5.75 Å². The molecule has 1 aromatic carbocycles. The van der Waals surface area contributed by atoms with Gasteiger partial charge >= 0.3 is 0 Å². The smallest absolute Gasteiger partial charge is 0.219 e. The van der Waals surface area contributed by atoms with Crippen LogP contribution in [0.2, 0.25) is 0 Å². The third-order valence-electron chi connectivity index (χ3n) is 4.32. The molecule has 1 aromatic rings. The number of amides is 1. The molecule has 1 aliphatic heterocycles. The summed E-state index contributed by atoms with van der Waals surface area (Å²) in [6, 6.07) is 8.51. The van der Waals surface area contributed by atoms with Gasteiger partial charge in [-0.3, -0.25) is 4.79 Å².